The third kappa shape index (κ3) is 2.38. The van der Waals surface area contributed by atoms with E-state index in [2.05, 4.69) is 0 Å². The van der Waals surface area contributed by atoms with E-state index < -0.39 is 29.4 Å². The second-order valence-electron chi connectivity index (χ2n) is 4.53. The van der Waals surface area contributed by atoms with Crippen LogP contribution in [0.25, 0.3) is 11.0 Å². The maximum atomic E-state index is 13.2. The van der Waals surface area contributed by atoms with Crippen LogP contribution >= 0.6 is 0 Å². The Morgan fingerprint density at radius 2 is 1.57 bits per heavy atom. The minimum Gasteiger partial charge on any atom is -0.458 e. The van der Waals surface area contributed by atoms with Gasteiger partial charge in [0.05, 0.1) is 0 Å². The third-order valence-electron chi connectivity index (χ3n) is 3.09. The van der Waals surface area contributed by atoms with Crippen LogP contribution in [0.3, 0.4) is 0 Å². The van der Waals surface area contributed by atoms with Gasteiger partial charge in [0.2, 0.25) is 0 Å². The van der Waals surface area contributed by atoms with Crippen molar-refractivity contribution in [1.82, 2.24) is 0 Å². The number of aliphatic hydroxyl groups excluding tert-OH is 1. The summed E-state index contributed by atoms with van der Waals surface area (Å²) in [7, 11) is 0. The molecule has 0 amide bonds. The molecule has 0 radical (unpaired) electrons. The summed E-state index contributed by atoms with van der Waals surface area (Å²) < 4.78 is 57.6. The van der Waals surface area contributed by atoms with Crippen molar-refractivity contribution in [3.05, 3.63) is 71.0 Å². The normalized spacial score (nSPS) is 12.8. The summed E-state index contributed by atoms with van der Waals surface area (Å²) in [5, 5.41) is 10.5. The van der Waals surface area contributed by atoms with Crippen LogP contribution in [0.4, 0.5) is 17.6 Å². The van der Waals surface area contributed by atoms with Crippen LogP contribution in [0.5, 0.6) is 0 Å². The zero-order valence-electron chi connectivity index (χ0n) is 10.4. The van der Waals surface area contributed by atoms with E-state index >= 15 is 0 Å². The average molecular weight is 296 g/mol. The van der Waals surface area contributed by atoms with Crippen molar-refractivity contribution >= 4 is 11.0 Å². The zero-order chi connectivity index (χ0) is 15.1. The predicted octanol–water partition coefficient (Wildman–Crippen LogP) is 4.07. The van der Waals surface area contributed by atoms with Gasteiger partial charge in [0.1, 0.15) is 23.3 Å². The number of hydrogen-bond donors (Lipinski definition) is 1. The van der Waals surface area contributed by atoms with Crippen LogP contribution in [-0.2, 0) is 0 Å². The summed E-state index contributed by atoms with van der Waals surface area (Å²) in [5.41, 5.74) is 0.111. The molecular weight excluding hydrogens is 288 g/mol. The molecule has 0 fully saturated rings. The largest absolute Gasteiger partial charge is 0.458 e. The van der Waals surface area contributed by atoms with Crippen LogP contribution in [0, 0.1) is 23.3 Å². The molecule has 0 aliphatic rings. The van der Waals surface area contributed by atoms with Gasteiger partial charge in [0, 0.05) is 5.39 Å². The SMILES string of the molecule is OC(c1cc(F)c(F)c(F)c1)c1cc2cc(F)ccc2o1. The van der Waals surface area contributed by atoms with Gasteiger partial charge in [-0.3, -0.25) is 0 Å². The van der Waals surface area contributed by atoms with Crippen LogP contribution in [0.15, 0.2) is 40.8 Å². The number of fused-ring (bicyclic) bond motifs is 1. The number of halogens is 4. The van der Waals surface area contributed by atoms with E-state index in [0.717, 1.165) is 0 Å². The van der Waals surface area contributed by atoms with E-state index in [1.165, 1.54) is 24.3 Å². The molecule has 1 heterocycles. The third-order valence-corrected chi connectivity index (χ3v) is 3.09. The number of rotatable bonds is 2. The van der Waals surface area contributed by atoms with Gasteiger partial charge in [-0.2, -0.15) is 0 Å². The van der Waals surface area contributed by atoms with Crippen molar-refractivity contribution < 1.29 is 27.1 Å². The van der Waals surface area contributed by atoms with Gasteiger partial charge in [-0.25, -0.2) is 17.6 Å². The van der Waals surface area contributed by atoms with Crippen molar-refractivity contribution in [1.29, 1.82) is 0 Å². The lowest BCUT2D eigenvalue weighted by Crippen LogP contribution is -2.02. The summed E-state index contributed by atoms with van der Waals surface area (Å²) in [6.45, 7) is 0. The molecule has 1 atom stereocenters. The van der Waals surface area contributed by atoms with Gasteiger partial charge in [-0.1, -0.05) is 0 Å². The monoisotopic (exact) mass is 296 g/mol. The lowest BCUT2D eigenvalue weighted by Gasteiger charge is -2.08. The van der Waals surface area contributed by atoms with Gasteiger partial charge in [-0.15, -0.1) is 0 Å². The highest BCUT2D eigenvalue weighted by Crippen LogP contribution is 2.30. The first kappa shape index (κ1) is 13.6. The molecule has 0 bridgehead atoms. The van der Waals surface area contributed by atoms with Gasteiger partial charge in [0.25, 0.3) is 0 Å². The van der Waals surface area contributed by atoms with Crippen molar-refractivity contribution in [3.8, 4) is 0 Å². The van der Waals surface area contributed by atoms with Crippen molar-refractivity contribution in [2.24, 2.45) is 0 Å². The lowest BCUT2D eigenvalue weighted by molar-refractivity contribution is 0.191. The van der Waals surface area contributed by atoms with E-state index in [1.54, 1.807) is 0 Å². The Hall–Kier alpha value is -2.34. The molecule has 1 aromatic heterocycles. The first-order valence-corrected chi connectivity index (χ1v) is 5.97. The van der Waals surface area contributed by atoms with E-state index in [4.69, 9.17) is 4.42 Å². The van der Waals surface area contributed by atoms with E-state index in [-0.39, 0.29) is 11.3 Å². The minimum absolute atomic E-state index is 0.0268. The molecule has 0 aliphatic heterocycles. The fourth-order valence-electron chi connectivity index (χ4n) is 2.07. The summed E-state index contributed by atoms with van der Waals surface area (Å²) in [5.74, 6) is -4.95. The Morgan fingerprint density at radius 1 is 0.905 bits per heavy atom. The summed E-state index contributed by atoms with van der Waals surface area (Å²) in [6, 6.07) is 6.45. The van der Waals surface area contributed by atoms with Gasteiger partial charge >= 0.3 is 0 Å². The van der Waals surface area contributed by atoms with Crippen LogP contribution in [-0.4, -0.2) is 5.11 Å². The molecule has 0 aliphatic carbocycles. The highest BCUT2D eigenvalue weighted by molar-refractivity contribution is 5.78. The predicted molar refractivity (Wildman–Crippen MR) is 66.5 cm³/mol. The number of hydrogen-bond acceptors (Lipinski definition) is 2. The molecule has 2 aromatic carbocycles. The topological polar surface area (TPSA) is 33.4 Å². The van der Waals surface area contributed by atoms with E-state index in [1.807, 2.05) is 0 Å². The second kappa shape index (κ2) is 4.89. The van der Waals surface area contributed by atoms with Gasteiger partial charge < -0.3 is 9.52 Å². The Kier molecular flexibility index (Phi) is 3.17. The summed E-state index contributed by atoms with van der Waals surface area (Å²) in [6.07, 6.45) is -1.50. The highest BCUT2D eigenvalue weighted by Gasteiger charge is 2.20. The van der Waals surface area contributed by atoms with Crippen LogP contribution < -0.4 is 0 Å². The molecule has 3 aromatic rings. The Labute approximate surface area is 116 Å². The number of aliphatic hydroxyl groups is 1. The molecule has 6 heteroatoms. The van der Waals surface area contributed by atoms with Crippen molar-refractivity contribution in [3.63, 3.8) is 0 Å². The number of furan rings is 1. The molecular formula is C15H8F4O2. The lowest BCUT2D eigenvalue weighted by atomic mass is 10.1. The second-order valence-corrected chi connectivity index (χ2v) is 4.53. The van der Waals surface area contributed by atoms with E-state index in [9.17, 15) is 22.7 Å². The fraction of sp³-hybridized carbons (Fsp3) is 0.0667. The Morgan fingerprint density at radius 3 is 2.24 bits per heavy atom. The molecule has 1 N–H and O–H groups in total. The standard InChI is InChI=1S/C15H8F4O2/c16-9-1-2-12-7(3-9)6-13(21-12)15(20)8-4-10(17)14(19)11(18)5-8/h1-6,15,20H. The fourth-order valence-corrected chi connectivity index (χ4v) is 2.07. The first-order chi connectivity index (χ1) is 9.95. The molecule has 21 heavy (non-hydrogen) atoms. The summed E-state index contributed by atoms with van der Waals surface area (Å²) in [4.78, 5) is 0. The maximum Gasteiger partial charge on any atom is 0.194 e. The maximum absolute atomic E-state index is 13.2. The van der Waals surface area contributed by atoms with Gasteiger partial charge in [-0.05, 0) is 42.0 Å². The molecule has 0 saturated heterocycles. The van der Waals surface area contributed by atoms with Crippen LogP contribution in [0.2, 0.25) is 0 Å². The van der Waals surface area contributed by atoms with Gasteiger partial charge in [0.15, 0.2) is 17.5 Å². The smallest absolute Gasteiger partial charge is 0.194 e. The quantitative estimate of drug-likeness (QED) is 0.571. The first-order valence-electron chi connectivity index (χ1n) is 5.97. The van der Waals surface area contributed by atoms with Crippen molar-refractivity contribution in [2.45, 2.75) is 6.10 Å². The Balaban J connectivity index is 2.05. The average Bonchev–Trinajstić information content (AvgIpc) is 2.86. The molecule has 1 unspecified atom stereocenters. The molecule has 2 nitrogen and oxygen atoms in total. The Bertz CT molecular complexity index is 803. The van der Waals surface area contributed by atoms with E-state index in [0.29, 0.717) is 23.1 Å². The minimum atomic E-state index is -1.61. The van der Waals surface area contributed by atoms with Crippen molar-refractivity contribution in [2.75, 3.05) is 0 Å². The number of benzene rings is 2. The summed E-state index contributed by atoms with van der Waals surface area (Å²) >= 11 is 0. The van der Waals surface area contributed by atoms with Crippen LogP contribution in [0.1, 0.15) is 17.4 Å². The molecule has 0 saturated carbocycles. The molecule has 0 spiro atoms. The molecule has 108 valence electrons. The highest BCUT2D eigenvalue weighted by atomic mass is 19.2. The zero-order valence-corrected chi connectivity index (χ0v) is 10.4. The molecule has 3 rings (SSSR count).